The van der Waals surface area contributed by atoms with Gasteiger partial charge in [0.15, 0.2) is 5.84 Å². The molecule has 3 heterocycles. The summed E-state index contributed by atoms with van der Waals surface area (Å²) in [6.45, 7) is 4.85. The highest BCUT2D eigenvalue weighted by molar-refractivity contribution is 5.97. The smallest absolute Gasteiger partial charge is 0.215 e. The molecule has 8 nitrogen and oxygen atoms in total. The van der Waals surface area contributed by atoms with Gasteiger partial charge in [-0.3, -0.25) is 0 Å². The van der Waals surface area contributed by atoms with Crippen LogP contribution in [-0.2, 0) is 14.3 Å². The van der Waals surface area contributed by atoms with E-state index in [4.69, 9.17) is 19.0 Å². The number of amidine groups is 1. The van der Waals surface area contributed by atoms with E-state index in [9.17, 15) is 0 Å². The molecular weight excluding hydrogens is 396 g/mol. The first-order chi connectivity index (χ1) is 15.1. The highest BCUT2D eigenvalue weighted by atomic mass is 16.7. The molecule has 2 aliphatic heterocycles. The average molecular weight is 427 g/mol. The number of aryl methyl sites for hydroxylation is 1. The first-order valence-corrected chi connectivity index (χ1v) is 10.6. The standard InChI is InChI=1S/C23H30N4O4/c1-18-16-26(17-24-18)20-7-5-19(15-21(20)29-3)6-8-22-25-31-23(9-13-30-14-10-23)27(22)11-4-12-28-2/h5-8,15-17H,4,9-14H2,1-3H3. The van der Waals surface area contributed by atoms with Crippen molar-refractivity contribution in [1.82, 2.24) is 14.5 Å². The van der Waals surface area contributed by atoms with Crippen LogP contribution >= 0.6 is 0 Å². The SMILES string of the molecule is COCCCN1C(C=Cc2ccc(-n3cnc(C)c3)c(OC)c2)=NOC12CCOCC2. The Labute approximate surface area is 183 Å². The van der Waals surface area contributed by atoms with Gasteiger partial charge >= 0.3 is 0 Å². The molecule has 0 atom stereocenters. The van der Waals surface area contributed by atoms with Gasteiger partial charge in [0.2, 0.25) is 5.72 Å². The zero-order chi connectivity index (χ0) is 21.7. The lowest BCUT2D eigenvalue weighted by Gasteiger charge is -2.39. The lowest BCUT2D eigenvalue weighted by Crippen LogP contribution is -2.52. The average Bonchev–Trinajstić information content (AvgIpc) is 3.37. The molecular formula is C23H30N4O4. The normalized spacial score (nSPS) is 17.9. The quantitative estimate of drug-likeness (QED) is 0.603. The van der Waals surface area contributed by atoms with Crippen LogP contribution < -0.4 is 4.74 Å². The van der Waals surface area contributed by atoms with Crippen LogP contribution in [0.2, 0.25) is 0 Å². The van der Waals surface area contributed by atoms with Crippen molar-refractivity contribution in [2.45, 2.75) is 31.9 Å². The Kier molecular flexibility index (Phi) is 6.58. The summed E-state index contributed by atoms with van der Waals surface area (Å²) in [7, 11) is 3.40. The van der Waals surface area contributed by atoms with Gasteiger partial charge in [-0.15, -0.1) is 0 Å². The van der Waals surface area contributed by atoms with Gasteiger partial charge in [-0.25, -0.2) is 4.98 Å². The van der Waals surface area contributed by atoms with Gasteiger partial charge in [0, 0.05) is 39.3 Å². The monoisotopic (exact) mass is 426 g/mol. The summed E-state index contributed by atoms with van der Waals surface area (Å²) in [4.78, 5) is 12.5. The van der Waals surface area contributed by atoms with Crippen LogP contribution in [-0.4, -0.2) is 66.6 Å². The minimum absolute atomic E-state index is 0.410. The fourth-order valence-corrected chi connectivity index (χ4v) is 4.03. The summed E-state index contributed by atoms with van der Waals surface area (Å²) in [5, 5.41) is 4.41. The molecule has 1 fully saturated rings. The van der Waals surface area contributed by atoms with Gasteiger partial charge in [0.25, 0.3) is 0 Å². The van der Waals surface area contributed by atoms with Gasteiger partial charge in [-0.1, -0.05) is 17.3 Å². The summed E-state index contributed by atoms with van der Waals surface area (Å²) >= 11 is 0. The Hall–Kier alpha value is -2.84. The number of benzene rings is 1. The van der Waals surface area contributed by atoms with E-state index in [-0.39, 0.29) is 0 Å². The van der Waals surface area contributed by atoms with E-state index < -0.39 is 5.72 Å². The fraction of sp³-hybridized carbons (Fsp3) is 0.478. The fourth-order valence-electron chi connectivity index (χ4n) is 4.03. The molecule has 2 aliphatic rings. The molecule has 0 radical (unpaired) electrons. The summed E-state index contributed by atoms with van der Waals surface area (Å²) < 4.78 is 18.4. The Morgan fingerprint density at radius 1 is 1.19 bits per heavy atom. The minimum atomic E-state index is -0.410. The first kappa shape index (κ1) is 21.4. The van der Waals surface area contributed by atoms with E-state index in [0.29, 0.717) is 19.8 Å². The summed E-state index contributed by atoms with van der Waals surface area (Å²) in [6.07, 6.45) is 10.3. The van der Waals surface area contributed by atoms with Crippen LogP contribution in [0.15, 0.2) is 42.0 Å². The molecule has 0 saturated carbocycles. The number of hydrogen-bond donors (Lipinski definition) is 0. The van der Waals surface area contributed by atoms with E-state index >= 15 is 0 Å². The van der Waals surface area contributed by atoms with E-state index in [1.54, 1.807) is 20.5 Å². The molecule has 0 unspecified atom stereocenters. The Bertz CT molecular complexity index is 947. The Balaban J connectivity index is 1.53. The second-order valence-corrected chi connectivity index (χ2v) is 7.78. The molecule has 0 amide bonds. The van der Waals surface area contributed by atoms with Gasteiger partial charge in [-0.2, -0.15) is 0 Å². The van der Waals surface area contributed by atoms with Crippen LogP contribution in [0.4, 0.5) is 0 Å². The number of nitrogens with zero attached hydrogens (tertiary/aromatic N) is 4. The van der Waals surface area contributed by atoms with Crippen molar-refractivity contribution in [2.75, 3.05) is 40.6 Å². The molecule has 31 heavy (non-hydrogen) atoms. The van der Waals surface area contributed by atoms with Gasteiger partial charge in [0.05, 0.1) is 38.0 Å². The van der Waals surface area contributed by atoms with Crippen molar-refractivity contribution in [1.29, 1.82) is 0 Å². The number of ether oxygens (including phenoxy) is 3. The lowest BCUT2D eigenvalue weighted by molar-refractivity contribution is -0.154. The molecule has 1 aromatic carbocycles. The third-order valence-electron chi connectivity index (χ3n) is 5.70. The minimum Gasteiger partial charge on any atom is -0.495 e. The second-order valence-electron chi connectivity index (χ2n) is 7.78. The Morgan fingerprint density at radius 2 is 2.03 bits per heavy atom. The molecule has 0 bridgehead atoms. The summed E-state index contributed by atoms with van der Waals surface area (Å²) in [5.41, 5.74) is 2.52. The van der Waals surface area contributed by atoms with E-state index in [0.717, 1.165) is 54.3 Å². The van der Waals surface area contributed by atoms with Crippen LogP contribution in [0.1, 0.15) is 30.5 Å². The zero-order valence-corrected chi connectivity index (χ0v) is 18.4. The molecule has 2 aromatic rings. The second kappa shape index (κ2) is 9.53. The number of aromatic nitrogens is 2. The van der Waals surface area contributed by atoms with Gasteiger partial charge in [-0.05, 0) is 37.1 Å². The maximum absolute atomic E-state index is 5.96. The largest absolute Gasteiger partial charge is 0.495 e. The summed E-state index contributed by atoms with van der Waals surface area (Å²) in [5.74, 6) is 1.60. The molecule has 0 aliphatic carbocycles. The van der Waals surface area contributed by atoms with Crippen LogP contribution in [0, 0.1) is 6.92 Å². The number of imidazole rings is 1. The lowest BCUT2D eigenvalue weighted by atomic mass is 10.0. The molecule has 1 saturated heterocycles. The number of methoxy groups -OCH3 is 2. The zero-order valence-electron chi connectivity index (χ0n) is 18.4. The van der Waals surface area contributed by atoms with Crippen LogP contribution in [0.5, 0.6) is 5.75 Å². The summed E-state index contributed by atoms with van der Waals surface area (Å²) in [6, 6.07) is 6.10. The number of oxime groups is 1. The molecule has 1 spiro atoms. The number of hydrogen-bond acceptors (Lipinski definition) is 7. The topological polar surface area (TPSA) is 70.3 Å². The first-order valence-electron chi connectivity index (χ1n) is 10.6. The van der Waals surface area contributed by atoms with Crippen LogP contribution in [0.25, 0.3) is 11.8 Å². The van der Waals surface area contributed by atoms with Crippen molar-refractivity contribution in [3.8, 4) is 11.4 Å². The molecule has 4 rings (SSSR count). The van der Waals surface area contributed by atoms with Gasteiger partial charge in [0.1, 0.15) is 5.75 Å². The Morgan fingerprint density at radius 3 is 2.74 bits per heavy atom. The third kappa shape index (κ3) is 4.60. The maximum atomic E-state index is 5.96. The molecule has 1 aromatic heterocycles. The van der Waals surface area contributed by atoms with Crippen molar-refractivity contribution in [2.24, 2.45) is 5.16 Å². The highest BCUT2D eigenvalue weighted by Gasteiger charge is 2.46. The third-order valence-corrected chi connectivity index (χ3v) is 5.70. The molecule has 8 heteroatoms. The van der Waals surface area contributed by atoms with Gasteiger partial charge < -0.3 is 28.5 Å². The van der Waals surface area contributed by atoms with Crippen molar-refractivity contribution >= 4 is 11.9 Å². The van der Waals surface area contributed by atoms with Crippen molar-refractivity contribution in [3.05, 3.63) is 48.1 Å². The van der Waals surface area contributed by atoms with E-state index in [1.165, 1.54) is 0 Å². The maximum Gasteiger partial charge on any atom is 0.215 e. The highest BCUT2D eigenvalue weighted by Crippen LogP contribution is 2.35. The van der Waals surface area contributed by atoms with Crippen LogP contribution in [0.3, 0.4) is 0 Å². The predicted molar refractivity (Wildman–Crippen MR) is 118 cm³/mol. The van der Waals surface area contributed by atoms with Crippen molar-refractivity contribution < 1.29 is 19.0 Å². The van der Waals surface area contributed by atoms with Crippen molar-refractivity contribution in [3.63, 3.8) is 0 Å². The van der Waals surface area contributed by atoms with E-state index in [1.807, 2.05) is 42.0 Å². The number of rotatable bonds is 8. The molecule has 0 N–H and O–H groups in total. The molecule has 166 valence electrons. The predicted octanol–water partition coefficient (Wildman–Crippen LogP) is 3.39. The van der Waals surface area contributed by atoms with E-state index in [2.05, 4.69) is 21.1 Å².